The molecule has 0 saturated heterocycles. The number of carbonyl (C=O) groups excluding carboxylic acids is 1. The second kappa shape index (κ2) is 2.60. The molecular formula is C8H5ClN2O. The summed E-state index contributed by atoms with van der Waals surface area (Å²) >= 11 is 5.36. The molecule has 1 aromatic carbocycles. The summed E-state index contributed by atoms with van der Waals surface area (Å²) in [5.74, 6) is 0. The molecule has 0 unspecified atom stereocenters. The minimum absolute atomic E-state index is 0.456. The van der Waals surface area contributed by atoms with Gasteiger partial charge in [0.15, 0.2) is 0 Å². The zero-order chi connectivity index (χ0) is 8.55. The van der Waals surface area contributed by atoms with E-state index in [0.29, 0.717) is 5.56 Å². The van der Waals surface area contributed by atoms with Gasteiger partial charge in [-0.15, -0.1) is 0 Å². The molecule has 60 valence electrons. The average molecular weight is 181 g/mol. The van der Waals surface area contributed by atoms with Gasteiger partial charge in [-0.1, -0.05) is 6.07 Å². The standard InChI is InChI=1S/C8H5ClN2O/c9-8(12)5-2-1-3-7-6(5)4-10-11-7/h1-4H,(H,10,11). The van der Waals surface area contributed by atoms with Gasteiger partial charge in [-0.25, -0.2) is 0 Å². The molecule has 0 radical (unpaired) electrons. The summed E-state index contributed by atoms with van der Waals surface area (Å²) in [5.41, 5.74) is 1.31. The molecule has 0 aliphatic heterocycles. The maximum atomic E-state index is 10.9. The molecule has 0 fully saturated rings. The molecule has 0 amide bonds. The minimum Gasteiger partial charge on any atom is -0.278 e. The van der Waals surface area contributed by atoms with Gasteiger partial charge < -0.3 is 0 Å². The van der Waals surface area contributed by atoms with Gasteiger partial charge in [0.25, 0.3) is 5.24 Å². The summed E-state index contributed by atoms with van der Waals surface area (Å²) < 4.78 is 0. The summed E-state index contributed by atoms with van der Waals surface area (Å²) in [6, 6.07) is 5.27. The molecule has 0 spiro atoms. The SMILES string of the molecule is O=C(Cl)c1cccc2[nH]ncc12. The molecule has 0 saturated carbocycles. The summed E-state index contributed by atoms with van der Waals surface area (Å²) in [4.78, 5) is 10.9. The molecule has 2 rings (SSSR count). The second-order valence-corrected chi connectivity index (χ2v) is 2.75. The predicted molar refractivity (Wildman–Crippen MR) is 46.3 cm³/mol. The van der Waals surface area contributed by atoms with E-state index in [1.165, 1.54) is 0 Å². The van der Waals surface area contributed by atoms with Crippen molar-refractivity contribution in [3.05, 3.63) is 30.0 Å². The van der Waals surface area contributed by atoms with Crippen molar-refractivity contribution in [2.45, 2.75) is 0 Å². The zero-order valence-corrected chi connectivity index (χ0v) is 6.80. The van der Waals surface area contributed by atoms with Crippen LogP contribution < -0.4 is 0 Å². The van der Waals surface area contributed by atoms with Crippen molar-refractivity contribution in [2.75, 3.05) is 0 Å². The number of benzene rings is 1. The lowest BCUT2D eigenvalue weighted by atomic mass is 10.1. The molecule has 1 aromatic heterocycles. The van der Waals surface area contributed by atoms with E-state index in [0.717, 1.165) is 10.9 Å². The van der Waals surface area contributed by atoms with Crippen LogP contribution in [0.2, 0.25) is 0 Å². The number of H-pyrrole nitrogens is 1. The molecule has 3 nitrogen and oxygen atoms in total. The smallest absolute Gasteiger partial charge is 0.253 e. The fourth-order valence-corrected chi connectivity index (χ4v) is 1.30. The molecule has 1 N–H and O–H groups in total. The van der Waals surface area contributed by atoms with Crippen molar-refractivity contribution in [3.8, 4) is 0 Å². The first-order valence-corrected chi connectivity index (χ1v) is 3.79. The Morgan fingerprint density at radius 3 is 3.08 bits per heavy atom. The van der Waals surface area contributed by atoms with Crippen LogP contribution in [0.4, 0.5) is 0 Å². The monoisotopic (exact) mass is 180 g/mol. The molecule has 12 heavy (non-hydrogen) atoms. The predicted octanol–water partition coefficient (Wildman–Crippen LogP) is 1.94. The van der Waals surface area contributed by atoms with E-state index in [-0.39, 0.29) is 0 Å². The van der Waals surface area contributed by atoms with E-state index in [2.05, 4.69) is 10.2 Å². The number of halogens is 1. The molecule has 0 atom stereocenters. The number of carbonyl (C=O) groups is 1. The van der Waals surface area contributed by atoms with Crippen LogP contribution in [0.1, 0.15) is 10.4 Å². The van der Waals surface area contributed by atoms with Crippen molar-refractivity contribution in [3.63, 3.8) is 0 Å². The van der Waals surface area contributed by atoms with E-state index in [1.54, 1.807) is 18.3 Å². The van der Waals surface area contributed by atoms with E-state index < -0.39 is 5.24 Å². The fraction of sp³-hybridized carbons (Fsp3) is 0. The van der Waals surface area contributed by atoms with Gasteiger partial charge in [0.1, 0.15) is 0 Å². The van der Waals surface area contributed by atoms with Crippen LogP contribution in [0.5, 0.6) is 0 Å². The first kappa shape index (κ1) is 7.31. The van der Waals surface area contributed by atoms with E-state index in [4.69, 9.17) is 11.6 Å². The molecular weight excluding hydrogens is 176 g/mol. The number of rotatable bonds is 1. The third-order valence-corrected chi connectivity index (χ3v) is 1.90. The van der Waals surface area contributed by atoms with Gasteiger partial charge in [-0.2, -0.15) is 5.10 Å². The lowest BCUT2D eigenvalue weighted by molar-refractivity contribution is 0.108. The average Bonchev–Trinajstić information content (AvgIpc) is 2.49. The maximum absolute atomic E-state index is 10.9. The number of aromatic nitrogens is 2. The number of nitrogens with one attached hydrogen (secondary N) is 1. The van der Waals surface area contributed by atoms with Crippen LogP contribution in [-0.4, -0.2) is 15.4 Å². The highest BCUT2D eigenvalue weighted by Crippen LogP contribution is 2.17. The highest BCUT2D eigenvalue weighted by molar-refractivity contribution is 6.68. The van der Waals surface area contributed by atoms with E-state index >= 15 is 0 Å². The Bertz CT molecular complexity index is 435. The Hall–Kier alpha value is -1.35. The fourth-order valence-electron chi connectivity index (χ4n) is 1.14. The van der Waals surface area contributed by atoms with Crippen molar-refractivity contribution in [1.82, 2.24) is 10.2 Å². The number of nitrogens with zero attached hydrogens (tertiary/aromatic N) is 1. The maximum Gasteiger partial charge on any atom is 0.253 e. The summed E-state index contributed by atoms with van der Waals surface area (Å²) in [6.45, 7) is 0. The van der Waals surface area contributed by atoms with Crippen LogP contribution in [0.25, 0.3) is 10.9 Å². The van der Waals surface area contributed by atoms with E-state index in [9.17, 15) is 4.79 Å². The Labute approximate surface area is 73.3 Å². The van der Waals surface area contributed by atoms with Crippen molar-refractivity contribution >= 4 is 27.7 Å². The highest BCUT2D eigenvalue weighted by atomic mass is 35.5. The van der Waals surface area contributed by atoms with Crippen LogP contribution in [0.15, 0.2) is 24.4 Å². The van der Waals surface area contributed by atoms with Gasteiger partial charge >= 0.3 is 0 Å². The quantitative estimate of drug-likeness (QED) is 0.682. The van der Waals surface area contributed by atoms with E-state index in [1.807, 2.05) is 6.07 Å². The summed E-state index contributed by atoms with van der Waals surface area (Å²) in [7, 11) is 0. The van der Waals surface area contributed by atoms with Crippen molar-refractivity contribution in [2.24, 2.45) is 0 Å². The number of hydrogen-bond acceptors (Lipinski definition) is 2. The molecule has 1 heterocycles. The summed E-state index contributed by atoms with van der Waals surface area (Å²) in [6.07, 6.45) is 1.59. The molecule has 0 aliphatic carbocycles. The topological polar surface area (TPSA) is 45.8 Å². The van der Waals surface area contributed by atoms with Gasteiger partial charge in [0, 0.05) is 10.9 Å². The van der Waals surface area contributed by atoms with Gasteiger partial charge in [-0.3, -0.25) is 9.89 Å². The molecule has 4 heteroatoms. The van der Waals surface area contributed by atoms with Gasteiger partial charge in [0.2, 0.25) is 0 Å². The van der Waals surface area contributed by atoms with Crippen LogP contribution in [0, 0.1) is 0 Å². The lowest BCUT2D eigenvalue weighted by Gasteiger charge is -1.93. The normalized spacial score (nSPS) is 10.4. The Morgan fingerprint density at radius 2 is 2.33 bits per heavy atom. The molecule has 0 bridgehead atoms. The first-order valence-electron chi connectivity index (χ1n) is 3.41. The lowest BCUT2D eigenvalue weighted by Crippen LogP contribution is -1.87. The van der Waals surface area contributed by atoms with Gasteiger partial charge in [0.05, 0.1) is 11.7 Å². The highest BCUT2D eigenvalue weighted by Gasteiger charge is 2.07. The Morgan fingerprint density at radius 1 is 1.50 bits per heavy atom. The van der Waals surface area contributed by atoms with Gasteiger partial charge in [-0.05, 0) is 23.7 Å². The van der Waals surface area contributed by atoms with Crippen LogP contribution in [0.3, 0.4) is 0 Å². The zero-order valence-electron chi connectivity index (χ0n) is 6.04. The van der Waals surface area contributed by atoms with Crippen molar-refractivity contribution < 1.29 is 4.79 Å². The Balaban J connectivity index is 2.82. The minimum atomic E-state index is -0.456. The summed E-state index contributed by atoms with van der Waals surface area (Å²) in [5, 5.41) is 6.87. The molecule has 2 aromatic rings. The van der Waals surface area contributed by atoms with Crippen molar-refractivity contribution in [1.29, 1.82) is 0 Å². The number of aromatic amines is 1. The first-order chi connectivity index (χ1) is 5.79. The third kappa shape index (κ3) is 0.987. The molecule has 0 aliphatic rings. The third-order valence-electron chi connectivity index (χ3n) is 1.70. The van der Waals surface area contributed by atoms with Crippen LogP contribution >= 0.6 is 11.6 Å². The second-order valence-electron chi connectivity index (χ2n) is 2.41. The Kier molecular flexibility index (Phi) is 1.59. The van der Waals surface area contributed by atoms with Crippen LogP contribution in [-0.2, 0) is 0 Å². The number of fused-ring (bicyclic) bond motifs is 1. The number of hydrogen-bond donors (Lipinski definition) is 1. The largest absolute Gasteiger partial charge is 0.278 e.